The maximum atomic E-state index is 12.0. The maximum absolute atomic E-state index is 12.0. The zero-order valence-corrected chi connectivity index (χ0v) is 10.3. The van der Waals surface area contributed by atoms with Gasteiger partial charge >= 0.3 is 12.1 Å². The Bertz CT molecular complexity index is 308. The Hall–Kier alpha value is -1.10. The van der Waals surface area contributed by atoms with Crippen molar-refractivity contribution in [3.8, 4) is 0 Å². The number of nitrogens with zero attached hydrogens (tertiary/aromatic N) is 1. The third-order valence-electron chi connectivity index (χ3n) is 2.88. The van der Waals surface area contributed by atoms with E-state index in [0.717, 1.165) is 6.42 Å². The van der Waals surface area contributed by atoms with Crippen LogP contribution in [0.15, 0.2) is 0 Å². The highest BCUT2D eigenvalue weighted by atomic mass is 16.6. The van der Waals surface area contributed by atoms with Gasteiger partial charge in [-0.05, 0) is 20.8 Å². The van der Waals surface area contributed by atoms with Crippen LogP contribution in [0.1, 0.15) is 33.6 Å². The van der Waals surface area contributed by atoms with Gasteiger partial charge in [0.25, 0.3) is 0 Å². The first kappa shape index (κ1) is 13.0. The van der Waals surface area contributed by atoms with Crippen LogP contribution >= 0.6 is 0 Å². The number of carbonyl (C=O) groups excluding carboxylic acids is 1. The smallest absolute Gasteiger partial charge is 0.477 e. The summed E-state index contributed by atoms with van der Waals surface area (Å²) >= 11 is 0. The van der Waals surface area contributed by atoms with Crippen molar-refractivity contribution in [2.45, 2.75) is 45.3 Å². The fraction of sp³-hybridized carbons (Fsp3) is 0.818. The first-order valence-electron chi connectivity index (χ1n) is 5.48. The van der Waals surface area contributed by atoms with Crippen molar-refractivity contribution in [3.63, 3.8) is 0 Å². The summed E-state index contributed by atoms with van der Waals surface area (Å²) < 4.78 is 5.13. The molecule has 0 saturated carbocycles. The number of likely N-dealkylation sites (tertiary alicyclic amines) is 1. The number of carboxylic acid groups (broad SMARTS) is 1. The number of hydrogen-bond acceptors (Lipinski definition) is 3. The third-order valence-corrected chi connectivity index (χ3v) is 2.88. The minimum atomic E-state index is -0.925. The largest absolute Gasteiger partial charge is 0.517 e. The average Bonchev–Trinajstić information content (AvgIpc) is 2.45. The summed E-state index contributed by atoms with van der Waals surface area (Å²) in [7, 11) is 1.64. The molecule has 92 valence electrons. The van der Waals surface area contributed by atoms with E-state index in [1.165, 1.54) is 0 Å². The lowest BCUT2D eigenvalue weighted by molar-refractivity contribution is -0.842. The molecule has 1 aliphatic heterocycles. The Kier molecular flexibility index (Phi) is 3.28. The zero-order valence-electron chi connectivity index (χ0n) is 10.3. The van der Waals surface area contributed by atoms with E-state index in [1.807, 2.05) is 0 Å². The first-order chi connectivity index (χ1) is 7.17. The number of rotatable bonds is 1. The molecule has 1 N–H and O–H groups in total. The Morgan fingerprint density at radius 2 is 1.94 bits per heavy atom. The van der Waals surface area contributed by atoms with Gasteiger partial charge in [-0.3, -0.25) is 0 Å². The lowest BCUT2D eigenvalue weighted by Crippen LogP contribution is -2.57. The normalized spacial score (nSPS) is 30.1. The van der Waals surface area contributed by atoms with Crippen molar-refractivity contribution in [1.82, 2.24) is 0 Å². The molecule has 1 amide bonds. The highest BCUT2D eigenvalue weighted by Crippen LogP contribution is 2.28. The van der Waals surface area contributed by atoms with Crippen LogP contribution in [0.2, 0.25) is 0 Å². The van der Waals surface area contributed by atoms with E-state index in [1.54, 1.807) is 27.8 Å². The van der Waals surface area contributed by atoms with Gasteiger partial charge in [-0.15, -0.1) is 0 Å². The standard InChI is InChI=1S/C11H19NO4/c1-11(2,3)16-10(15)12(4)7-5-6-8(12)9(13)14/h8H,5-7H2,1-4H3/p+1/t8?,12-/m0/s1. The molecule has 0 radical (unpaired) electrons. The molecule has 0 aromatic rings. The van der Waals surface area contributed by atoms with Crippen LogP contribution in [0, 0.1) is 0 Å². The molecule has 1 saturated heterocycles. The van der Waals surface area contributed by atoms with Crippen LogP contribution in [0.25, 0.3) is 0 Å². The molecule has 1 fully saturated rings. The number of likely N-dealkylation sites (N-methyl/N-ethyl adjacent to an activating group) is 1. The van der Waals surface area contributed by atoms with Gasteiger partial charge in [0.2, 0.25) is 0 Å². The maximum Gasteiger partial charge on any atom is 0.517 e. The molecule has 0 bridgehead atoms. The van der Waals surface area contributed by atoms with E-state index in [2.05, 4.69) is 0 Å². The third kappa shape index (κ3) is 2.52. The van der Waals surface area contributed by atoms with E-state index < -0.39 is 23.7 Å². The predicted octanol–water partition coefficient (Wildman–Crippen LogP) is 1.62. The van der Waals surface area contributed by atoms with Gasteiger partial charge in [0.15, 0.2) is 6.04 Å². The second-order valence-electron chi connectivity index (χ2n) is 5.47. The fourth-order valence-corrected chi connectivity index (χ4v) is 2.01. The van der Waals surface area contributed by atoms with Gasteiger partial charge in [-0.2, -0.15) is 4.79 Å². The molecule has 0 spiro atoms. The van der Waals surface area contributed by atoms with Crippen LogP contribution in [-0.4, -0.2) is 46.9 Å². The van der Waals surface area contributed by atoms with Gasteiger partial charge in [0.05, 0.1) is 13.6 Å². The summed E-state index contributed by atoms with van der Waals surface area (Å²) in [6.07, 6.45) is 0.829. The Labute approximate surface area is 95.6 Å². The highest BCUT2D eigenvalue weighted by Gasteiger charge is 2.51. The molecule has 0 aromatic carbocycles. The van der Waals surface area contributed by atoms with Gasteiger partial charge in [-0.1, -0.05) is 0 Å². The highest BCUT2D eigenvalue weighted by molar-refractivity contribution is 5.75. The molecule has 1 rings (SSSR count). The number of aliphatic carboxylic acids is 1. The van der Waals surface area contributed by atoms with Crippen LogP contribution in [-0.2, 0) is 9.53 Å². The van der Waals surface area contributed by atoms with Crippen LogP contribution in [0.5, 0.6) is 0 Å². The molecule has 0 aliphatic carbocycles. The topological polar surface area (TPSA) is 63.6 Å². The molecular weight excluding hydrogens is 210 g/mol. The second kappa shape index (κ2) is 4.05. The molecule has 5 heteroatoms. The molecular formula is C11H20NO4+. The molecule has 5 nitrogen and oxygen atoms in total. The number of hydrogen-bond donors (Lipinski definition) is 1. The number of quaternary nitrogens is 1. The van der Waals surface area contributed by atoms with Crippen LogP contribution in [0.3, 0.4) is 0 Å². The zero-order chi connectivity index (χ0) is 12.6. The van der Waals surface area contributed by atoms with Gasteiger partial charge < -0.3 is 9.84 Å². The monoisotopic (exact) mass is 230 g/mol. The lowest BCUT2D eigenvalue weighted by Gasteiger charge is -2.32. The predicted molar refractivity (Wildman–Crippen MR) is 57.9 cm³/mol. The number of amides is 1. The van der Waals surface area contributed by atoms with Crippen molar-refractivity contribution >= 4 is 12.1 Å². The Balaban J connectivity index is 2.84. The van der Waals surface area contributed by atoms with E-state index in [-0.39, 0.29) is 4.48 Å². The van der Waals surface area contributed by atoms with Crippen molar-refractivity contribution < 1.29 is 23.9 Å². The number of ether oxygens (including phenoxy) is 1. The SMILES string of the molecule is CC(C)(C)OC(=O)[N@@+]1(C)CCCC1C(=O)O. The van der Waals surface area contributed by atoms with E-state index in [9.17, 15) is 9.59 Å². The van der Waals surface area contributed by atoms with E-state index >= 15 is 0 Å². The molecule has 1 unspecified atom stereocenters. The van der Waals surface area contributed by atoms with Crippen LogP contribution < -0.4 is 0 Å². The summed E-state index contributed by atoms with van der Waals surface area (Å²) in [6.45, 7) is 5.88. The van der Waals surface area contributed by atoms with Gasteiger partial charge in [0.1, 0.15) is 5.60 Å². The minimum Gasteiger partial charge on any atom is -0.477 e. The second-order valence-corrected chi connectivity index (χ2v) is 5.47. The first-order valence-corrected chi connectivity index (χ1v) is 5.48. The summed E-state index contributed by atoms with van der Waals surface area (Å²) in [5.74, 6) is -0.925. The van der Waals surface area contributed by atoms with Gasteiger partial charge in [-0.25, -0.2) is 9.28 Å². The average molecular weight is 230 g/mol. The minimum absolute atomic E-state index is 0.146. The van der Waals surface area contributed by atoms with Gasteiger partial charge in [0, 0.05) is 12.8 Å². The van der Waals surface area contributed by atoms with Crippen LogP contribution in [0.4, 0.5) is 4.79 Å². The Morgan fingerprint density at radius 1 is 1.38 bits per heavy atom. The van der Waals surface area contributed by atoms with Crippen molar-refractivity contribution in [1.29, 1.82) is 0 Å². The molecule has 16 heavy (non-hydrogen) atoms. The van der Waals surface area contributed by atoms with Crippen molar-refractivity contribution in [2.75, 3.05) is 13.6 Å². The number of carbonyl (C=O) groups is 2. The quantitative estimate of drug-likeness (QED) is 0.695. The van der Waals surface area contributed by atoms with E-state index in [0.29, 0.717) is 13.0 Å². The molecule has 1 heterocycles. The summed E-state index contributed by atoms with van der Waals surface area (Å²) in [5.41, 5.74) is -0.579. The lowest BCUT2D eigenvalue weighted by atomic mass is 10.2. The van der Waals surface area contributed by atoms with Crippen molar-refractivity contribution in [3.05, 3.63) is 0 Å². The van der Waals surface area contributed by atoms with Crippen molar-refractivity contribution in [2.24, 2.45) is 0 Å². The molecule has 0 aromatic heterocycles. The fourth-order valence-electron chi connectivity index (χ4n) is 2.01. The summed E-state index contributed by atoms with van der Waals surface area (Å²) in [4.78, 5) is 23.0. The number of carboxylic acids is 1. The Morgan fingerprint density at radius 3 is 2.38 bits per heavy atom. The van der Waals surface area contributed by atoms with E-state index in [4.69, 9.17) is 9.84 Å². The molecule has 1 aliphatic rings. The molecule has 2 atom stereocenters. The summed E-state index contributed by atoms with van der Waals surface area (Å²) in [5, 5.41) is 9.07. The summed E-state index contributed by atoms with van der Waals surface area (Å²) in [6, 6.07) is -0.671.